The molecule has 124 valence electrons. The number of nitrogens with one attached hydrogen (secondary N) is 1. The van der Waals surface area contributed by atoms with Gasteiger partial charge in [0.25, 0.3) is 0 Å². The van der Waals surface area contributed by atoms with Gasteiger partial charge in [-0.25, -0.2) is 9.97 Å². The first-order valence-corrected chi connectivity index (χ1v) is 9.85. The first-order valence-electron chi connectivity index (χ1n) is 8.09. The quantitative estimate of drug-likeness (QED) is 0.510. The van der Waals surface area contributed by atoms with Gasteiger partial charge in [-0.3, -0.25) is 0 Å². The van der Waals surface area contributed by atoms with Crippen LogP contribution in [0.25, 0.3) is 22.5 Å². The second kappa shape index (κ2) is 7.70. The molecule has 0 radical (unpaired) electrons. The molecule has 0 aliphatic rings. The molecule has 5 heteroatoms. The fourth-order valence-corrected chi connectivity index (χ4v) is 4.09. The SMILES string of the molecule is c1ccc(-c2csc(CNCc3nc(-c4ccccc4)cs3)n2)cc1. The summed E-state index contributed by atoms with van der Waals surface area (Å²) in [7, 11) is 0. The summed E-state index contributed by atoms with van der Waals surface area (Å²) in [6, 6.07) is 20.6. The molecule has 0 saturated heterocycles. The average molecular weight is 364 g/mol. The van der Waals surface area contributed by atoms with Gasteiger partial charge in [0.05, 0.1) is 11.4 Å². The Hall–Kier alpha value is -2.34. The van der Waals surface area contributed by atoms with Crippen molar-refractivity contribution in [2.24, 2.45) is 0 Å². The Balaban J connectivity index is 1.34. The molecule has 25 heavy (non-hydrogen) atoms. The molecule has 2 aromatic heterocycles. The lowest BCUT2D eigenvalue weighted by atomic mass is 10.2. The number of nitrogens with zero attached hydrogens (tertiary/aromatic N) is 2. The summed E-state index contributed by atoms with van der Waals surface area (Å²) >= 11 is 3.38. The standard InChI is InChI=1S/C20H17N3S2/c1-3-7-15(8-4-1)17-13-24-19(22-17)11-21-12-20-23-18(14-25-20)16-9-5-2-6-10-16/h1-10,13-14,21H,11-12H2. The zero-order valence-electron chi connectivity index (χ0n) is 13.6. The van der Waals surface area contributed by atoms with Crippen molar-refractivity contribution >= 4 is 22.7 Å². The molecular formula is C20H17N3S2. The highest BCUT2D eigenvalue weighted by atomic mass is 32.1. The van der Waals surface area contributed by atoms with Gasteiger partial charge in [-0.1, -0.05) is 60.7 Å². The van der Waals surface area contributed by atoms with E-state index in [-0.39, 0.29) is 0 Å². The average Bonchev–Trinajstić information content (AvgIpc) is 3.33. The summed E-state index contributed by atoms with van der Waals surface area (Å²) in [6.45, 7) is 1.52. The molecule has 0 amide bonds. The second-order valence-electron chi connectivity index (χ2n) is 5.59. The van der Waals surface area contributed by atoms with E-state index in [1.54, 1.807) is 22.7 Å². The summed E-state index contributed by atoms with van der Waals surface area (Å²) < 4.78 is 0. The van der Waals surface area contributed by atoms with E-state index in [4.69, 9.17) is 9.97 Å². The Morgan fingerprint density at radius 2 is 1.08 bits per heavy atom. The zero-order valence-corrected chi connectivity index (χ0v) is 15.2. The lowest BCUT2D eigenvalue weighted by molar-refractivity contribution is 0.687. The summed E-state index contributed by atoms with van der Waals surface area (Å²) in [5.41, 5.74) is 4.42. The van der Waals surface area contributed by atoms with E-state index in [0.717, 1.165) is 45.6 Å². The van der Waals surface area contributed by atoms with E-state index in [9.17, 15) is 0 Å². The number of rotatable bonds is 6. The van der Waals surface area contributed by atoms with E-state index in [0.29, 0.717) is 0 Å². The predicted octanol–water partition coefficient (Wildman–Crippen LogP) is 5.22. The summed E-state index contributed by atoms with van der Waals surface area (Å²) in [5.74, 6) is 0. The van der Waals surface area contributed by atoms with Crippen molar-refractivity contribution < 1.29 is 0 Å². The van der Waals surface area contributed by atoms with Crippen molar-refractivity contribution in [1.82, 2.24) is 15.3 Å². The summed E-state index contributed by atoms with van der Waals surface area (Å²) in [4.78, 5) is 9.41. The number of hydrogen-bond donors (Lipinski definition) is 1. The minimum absolute atomic E-state index is 0.762. The fraction of sp³-hybridized carbons (Fsp3) is 0.100. The highest BCUT2D eigenvalue weighted by molar-refractivity contribution is 7.10. The van der Waals surface area contributed by atoms with Gasteiger partial charge in [0.2, 0.25) is 0 Å². The van der Waals surface area contributed by atoms with Gasteiger partial charge in [0.1, 0.15) is 10.0 Å². The third kappa shape index (κ3) is 4.02. The Morgan fingerprint density at radius 1 is 0.640 bits per heavy atom. The fourth-order valence-electron chi connectivity index (χ4n) is 2.54. The smallest absolute Gasteiger partial charge is 0.107 e. The maximum Gasteiger partial charge on any atom is 0.107 e. The number of hydrogen-bond acceptors (Lipinski definition) is 5. The minimum atomic E-state index is 0.762. The highest BCUT2D eigenvalue weighted by Crippen LogP contribution is 2.23. The topological polar surface area (TPSA) is 37.8 Å². The van der Waals surface area contributed by atoms with Crippen LogP contribution in [-0.2, 0) is 13.1 Å². The third-order valence-corrected chi connectivity index (χ3v) is 5.49. The van der Waals surface area contributed by atoms with E-state index >= 15 is 0 Å². The van der Waals surface area contributed by atoms with Gasteiger partial charge in [-0.05, 0) is 0 Å². The molecule has 0 aliphatic heterocycles. The van der Waals surface area contributed by atoms with Crippen LogP contribution in [0.4, 0.5) is 0 Å². The Bertz CT molecular complexity index is 852. The molecule has 1 N–H and O–H groups in total. The maximum atomic E-state index is 4.70. The number of aromatic nitrogens is 2. The van der Waals surface area contributed by atoms with Crippen LogP contribution >= 0.6 is 22.7 Å². The Labute approximate surface area is 155 Å². The van der Waals surface area contributed by atoms with Gasteiger partial charge in [0, 0.05) is 35.0 Å². The molecule has 0 aliphatic carbocycles. The predicted molar refractivity (Wildman–Crippen MR) is 106 cm³/mol. The first-order chi connectivity index (χ1) is 12.4. The van der Waals surface area contributed by atoms with Crippen molar-refractivity contribution in [3.8, 4) is 22.5 Å². The van der Waals surface area contributed by atoms with Crippen LogP contribution < -0.4 is 5.32 Å². The van der Waals surface area contributed by atoms with Crippen LogP contribution in [0.15, 0.2) is 71.4 Å². The van der Waals surface area contributed by atoms with Gasteiger partial charge in [-0.15, -0.1) is 22.7 Å². The normalized spacial score (nSPS) is 10.9. The molecule has 2 heterocycles. The maximum absolute atomic E-state index is 4.70. The largest absolute Gasteiger partial charge is 0.304 e. The molecular weight excluding hydrogens is 346 g/mol. The second-order valence-corrected chi connectivity index (χ2v) is 7.47. The molecule has 0 spiro atoms. The molecule has 2 aromatic carbocycles. The summed E-state index contributed by atoms with van der Waals surface area (Å²) in [5, 5.41) is 9.86. The Kier molecular flexibility index (Phi) is 4.97. The lowest BCUT2D eigenvalue weighted by Gasteiger charge is -1.99. The van der Waals surface area contributed by atoms with E-state index in [2.05, 4.69) is 40.3 Å². The van der Waals surface area contributed by atoms with Crippen molar-refractivity contribution in [2.45, 2.75) is 13.1 Å². The van der Waals surface area contributed by atoms with Crippen LogP contribution in [0.5, 0.6) is 0 Å². The lowest BCUT2D eigenvalue weighted by Crippen LogP contribution is -2.12. The van der Waals surface area contributed by atoms with E-state index in [1.807, 2.05) is 36.4 Å². The molecule has 4 aromatic rings. The molecule has 0 fully saturated rings. The van der Waals surface area contributed by atoms with Gasteiger partial charge in [-0.2, -0.15) is 0 Å². The number of thiazole rings is 2. The number of benzene rings is 2. The molecule has 0 bridgehead atoms. The van der Waals surface area contributed by atoms with Gasteiger partial charge >= 0.3 is 0 Å². The molecule has 0 unspecified atom stereocenters. The van der Waals surface area contributed by atoms with E-state index in [1.165, 1.54) is 0 Å². The van der Waals surface area contributed by atoms with Crippen molar-refractivity contribution in [2.75, 3.05) is 0 Å². The monoisotopic (exact) mass is 363 g/mol. The van der Waals surface area contributed by atoms with Crippen LogP contribution in [0.2, 0.25) is 0 Å². The first kappa shape index (κ1) is 16.1. The van der Waals surface area contributed by atoms with Gasteiger partial charge < -0.3 is 5.32 Å². The molecule has 3 nitrogen and oxygen atoms in total. The minimum Gasteiger partial charge on any atom is -0.304 e. The summed E-state index contributed by atoms with van der Waals surface area (Å²) in [6.07, 6.45) is 0. The highest BCUT2D eigenvalue weighted by Gasteiger charge is 2.06. The van der Waals surface area contributed by atoms with Crippen molar-refractivity contribution in [1.29, 1.82) is 0 Å². The van der Waals surface area contributed by atoms with Crippen molar-refractivity contribution in [3.63, 3.8) is 0 Å². The Morgan fingerprint density at radius 3 is 1.52 bits per heavy atom. The van der Waals surface area contributed by atoms with E-state index < -0.39 is 0 Å². The zero-order chi connectivity index (χ0) is 16.9. The molecule has 0 saturated carbocycles. The third-order valence-electron chi connectivity index (χ3n) is 3.80. The van der Waals surface area contributed by atoms with Crippen molar-refractivity contribution in [3.05, 3.63) is 81.4 Å². The van der Waals surface area contributed by atoms with Gasteiger partial charge in [0.15, 0.2) is 0 Å². The van der Waals surface area contributed by atoms with Crippen LogP contribution in [0.1, 0.15) is 10.0 Å². The molecule has 0 atom stereocenters. The van der Waals surface area contributed by atoms with Crippen LogP contribution in [0, 0.1) is 0 Å². The van der Waals surface area contributed by atoms with Crippen LogP contribution in [-0.4, -0.2) is 9.97 Å². The molecule has 4 rings (SSSR count). The van der Waals surface area contributed by atoms with Crippen LogP contribution in [0.3, 0.4) is 0 Å².